The smallest absolute Gasteiger partial charge is 0.307 e. The van der Waals surface area contributed by atoms with E-state index in [-0.39, 0.29) is 11.8 Å². The molecular formula is C16H28N2O3. The molecular weight excluding hydrogens is 268 g/mol. The van der Waals surface area contributed by atoms with Crippen LogP contribution in [0.1, 0.15) is 40.0 Å². The number of nitrogens with zero attached hydrogens (tertiary/aromatic N) is 1. The Morgan fingerprint density at radius 2 is 1.86 bits per heavy atom. The number of piperidine rings is 1. The SMILES string of the molecule is CC1CCN(CCCNC(=O)C2C(C(=O)O)C2(C)C)CC1. The summed E-state index contributed by atoms with van der Waals surface area (Å²) in [6, 6.07) is 0. The van der Waals surface area contributed by atoms with Gasteiger partial charge in [0.1, 0.15) is 0 Å². The van der Waals surface area contributed by atoms with Crippen LogP contribution in [-0.2, 0) is 9.59 Å². The fourth-order valence-electron chi connectivity index (χ4n) is 3.50. The highest BCUT2D eigenvalue weighted by Crippen LogP contribution is 2.58. The van der Waals surface area contributed by atoms with Crippen molar-refractivity contribution in [2.45, 2.75) is 40.0 Å². The first kappa shape index (κ1) is 16.3. The first-order valence-electron chi connectivity index (χ1n) is 8.07. The zero-order valence-corrected chi connectivity index (χ0v) is 13.4. The summed E-state index contributed by atoms with van der Waals surface area (Å²) in [7, 11) is 0. The molecule has 1 aliphatic heterocycles. The number of carboxylic acid groups (broad SMARTS) is 1. The van der Waals surface area contributed by atoms with Gasteiger partial charge < -0.3 is 15.3 Å². The maximum absolute atomic E-state index is 12.0. The molecule has 2 atom stereocenters. The highest BCUT2D eigenvalue weighted by atomic mass is 16.4. The number of nitrogens with one attached hydrogen (secondary N) is 1. The number of carbonyl (C=O) groups is 2. The van der Waals surface area contributed by atoms with Crippen LogP contribution in [0.25, 0.3) is 0 Å². The summed E-state index contributed by atoms with van der Waals surface area (Å²) in [5.74, 6) is -1.01. The van der Waals surface area contributed by atoms with Crippen LogP contribution in [0.2, 0.25) is 0 Å². The number of hydrogen-bond acceptors (Lipinski definition) is 3. The summed E-state index contributed by atoms with van der Waals surface area (Å²) in [6.07, 6.45) is 3.47. The van der Waals surface area contributed by atoms with E-state index in [4.69, 9.17) is 5.11 Å². The molecule has 21 heavy (non-hydrogen) atoms. The fourth-order valence-corrected chi connectivity index (χ4v) is 3.50. The number of aliphatic carboxylic acids is 1. The number of rotatable bonds is 6. The Hall–Kier alpha value is -1.10. The summed E-state index contributed by atoms with van der Waals surface area (Å²) in [4.78, 5) is 25.6. The van der Waals surface area contributed by atoms with E-state index in [0.717, 1.165) is 32.0 Å². The highest BCUT2D eigenvalue weighted by molar-refractivity contribution is 5.91. The van der Waals surface area contributed by atoms with Crippen molar-refractivity contribution >= 4 is 11.9 Å². The Bertz CT molecular complexity index is 400. The number of amides is 1. The van der Waals surface area contributed by atoms with Crippen LogP contribution in [0, 0.1) is 23.2 Å². The van der Waals surface area contributed by atoms with E-state index in [2.05, 4.69) is 17.1 Å². The van der Waals surface area contributed by atoms with Gasteiger partial charge in [-0.2, -0.15) is 0 Å². The molecule has 2 fully saturated rings. The van der Waals surface area contributed by atoms with E-state index in [1.807, 2.05) is 13.8 Å². The van der Waals surface area contributed by atoms with Crippen LogP contribution < -0.4 is 5.32 Å². The van der Waals surface area contributed by atoms with Crippen molar-refractivity contribution in [1.29, 1.82) is 0 Å². The Balaban J connectivity index is 1.63. The summed E-state index contributed by atoms with van der Waals surface area (Å²) in [5, 5.41) is 12.0. The molecule has 2 unspecified atom stereocenters. The maximum Gasteiger partial charge on any atom is 0.307 e. The van der Waals surface area contributed by atoms with Crippen molar-refractivity contribution in [3.8, 4) is 0 Å². The lowest BCUT2D eigenvalue weighted by atomic mass is 9.99. The van der Waals surface area contributed by atoms with Crippen molar-refractivity contribution in [2.75, 3.05) is 26.2 Å². The van der Waals surface area contributed by atoms with Crippen LogP contribution in [0.3, 0.4) is 0 Å². The molecule has 2 N–H and O–H groups in total. The zero-order chi connectivity index (χ0) is 15.6. The molecule has 120 valence electrons. The van der Waals surface area contributed by atoms with Crippen LogP contribution >= 0.6 is 0 Å². The van der Waals surface area contributed by atoms with Crippen molar-refractivity contribution < 1.29 is 14.7 Å². The van der Waals surface area contributed by atoms with Gasteiger partial charge in [0.25, 0.3) is 0 Å². The molecule has 0 aromatic rings. The Labute approximate surface area is 127 Å². The zero-order valence-electron chi connectivity index (χ0n) is 13.4. The fraction of sp³-hybridized carbons (Fsp3) is 0.875. The van der Waals surface area contributed by atoms with Gasteiger partial charge in [0.2, 0.25) is 5.91 Å². The molecule has 0 aromatic heterocycles. The van der Waals surface area contributed by atoms with Gasteiger partial charge in [-0.1, -0.05) is 20.8 Å². The predicted molar refractivity (Wildman–Crippen MR) is 80.9 cm³/mol. The number of likely N-dealkylation sites (tertiary alicyclic amines) is 1. The largest absolute Gasteiger partial charge is 0.481 e. The third kappa shape index (κ3) is 3.76. The standard InChI is InChI=1S/C16H28N2O3/c1-11-5-9-18(10-6-11)8-4-7-17-14(19)12-13(15(20)21)16(12,2)3/h11-13H,4-10H2,1-3H3,(H,17,19)(H,20,21). The molecule has 1 saturated carbocycles. The molecule has 0 aromatic carbocycles. The van der Waals surface area contributed by atoms with Gasteiger partial charge in [-0.3, -0.25) is 9.59 Å². The molecule has 0 spiro atoms. The van der Waals surface area contributed by atoms with Gasteiger partial charge in [0.15, 0.2) is 0 Å². The van der Waals surface area contributed by atoms with Gasteiger partial charge in [-0.25, -0.2) is 0 Å². The molecule has 2 aliphatic rings. The van der Waals surface area contributed by atoms with E-state index in [9.17, 15) is 9.59 Å². The second-order valence-corrected chi connectivity index (χ2v) is 7.28. The summed E-state index contributed by atoms with van der Waals surface area (Å²) in [5.41, 5.74) is -0.404. The molecule has 1 saturated heterocycles. The highest BCUT2D eigenvalue weighted by Gasteiger charge is 2.65. The number of hydrogen-bond donors (Lipinski definition) is 2. The average molecular weight is 296 g/mol. The molecule has 5 heteroatoms. The summed E-state index contributed by atoms with van der Waals surface area (Å²) in [6.45, 7) is 9.98. The summed E-state index contributed by atoms with van der Waals surface area (Å²) >= 11 is 0. The first-order valence-corrected chi connectivity index (χ1v) is 8.07. The number of carboxylic acids is 1. The van der Waals surface area contributed by atoms with Crippen LogP contribution in [0.15, 0.2) is 0 Å². The monoisotopic (exact) mass is 296 g/mol. The van der Waals surface area contributed by atoms with Crippen molar-refractivity contribution in [3.05, 3.63) is 0 Å². The number of carbonyl (C=O) groups excluding carboxylic acids is 1. The van der Waals surface area contributed by atoms with E-state index in [1.54, 1.807) is 0 Å². The minimum Gasteiger partial charge on any atom is -0.481 e. The molecule has 0 radical (unpaired) electrons. The normalized spacial score (nSPS) is 29.1. The molecule has 1 amide bonds. The van der Waals surface area contributed by atoms with Crippen LogP contribution in [0.4, 0.5) is 0 Å². The van der Waals surface area contributed by atoms with Crippen molar-refractivity contribution in [1.82, 2.24) is 10.2 Å². The molecule has 1 aliphatic carbocycles. The van der Waals surface area contributed by atoms with E-state index >= 15 is 0 Å². The van der Waals surface area contributed by atoms with Gasteiger partial charge in [-0.05, 0) is 50.2 Å². The van der Waals surface area contributed by atoms with Gasteiger partial charge >= 0.3 is 5.97 Å². The Morgan fingerprint density at radius 3 is 2.38 bits per heavy atom. The minimum absolute atomic E-state index is 0.0975. The third-order valence-electron chi connectivity index (χ3n) is 5.20. The third-order valence-corrected chi connectivity index (χ3v) is 5.20. The lowest BCUT2D eigenvalue weighted by Gasteiger charge is -2.30. The molecule has 0 bridgehead atoms. The van der Waals surface area contributed by atoms with Gasteiger partial charge in [0.05, 0.1) is 11.8 Å². The first-order chi connectivity index (χ1) is 9.84. The minimum atomic E-state index is -0.859. The van der Waals surface area contributed by atoms with Crippen molar-refractivity contribution in [3.63, 3.8) is 0 Å². The molecule has 2 rings (SSSR count). The van der Waals surface area contributed by atoms with Gasteiger partial charge in [-0.15, -0.1) is 0 Å². The average Bonchev–Trinajstić information content (AvgIpc) is 3.00. The Kier molecular flexibility index (Phi) is 4.91. The lowest BCUT2D eigenvalue weighted by molar-refractivity contribution is -0.140. The second-order valence-electron chi connectivity index (χ2n) is 7.28. The van der Waals surface area contributed by atoms with Crippen LogP contribution in [0.5, 0.6) is 0 Å². The van der Waals surface area contributed by atoms with E-state index in [0.29, 0.717) is 6.54 Å². The van der Waals surface area contributed by atoms with Crippen molar-refractivity contribution in [2.24, 2.45) is 23.2 Å². The summed E-state index contributed by atoms with van der Waals surface area (Å²) < 4.78 is 0. The van der Waals surface area contributed by atoms with E-state index < -0.39 is 17.3 Å². The van der Waals surface area contributed by atoms with Crippen LogP contribution in [-0.4, -0.2) is 48.1 Å². The molecule has 1 heterocycles. The maximum atomic E-state index is 12.0. The lowest BCUT2D eigenvalue weighted by Crippen LogP contribution is -2.36. The predicted octanol–water partition coefficient (Wildman–Crippen LogP) is 1.58. The van der Waals surface area contributed by atoms with E-state index in [1.165, 1.54) is 12.8 Å². The Morgan fingerprint density at radius 1 is 1.24 bits per heavy atom. The second kappa shape index (κ2) is 6.34. The van der Waals surface area contributed by atoms with Gasteiger partial charge in [0, 0.05) is 6.54 Å². The topological polar surface area (TPSA) is 69.6 Å². The molecule has 5 nitrogen and oxygen atoms in total. The quantitative estimate of drug-likeness (QED) is 0.730.